The van der Waals surface area contributed by atoms with Gasteiger partial charge in [0.15, 0.2) is 5.58 Å². The van der Waals surface area contributed by atoms with Crippen LogP contribution >= 0.6 is 34.8 Å². The molecule has 1 atom stereocenters. The van der Waals surface area contributed by atoms with Gasteiger partial charge in [0.2, 0.25) is 11.8 Å². The van der Waals surface area contributed by atoms with Gasteiger partial charge in [-0.2, -0.15) is 0 Å². The van der Waals surface area contributed by atoms with Crippen LogP contribution in [0, 0.1) is 0 Å². The van der Waals surface area contributed by atoms with Crippen LogP contribution in [0.3, 0.4) is 0 Å². The number of halogens is 3. The van der Waals surface area contributed by atoms with Crippen molar-refractivity contribution in [1.29, 1.82) is 0 Å². The summed E-state index contributed by atoms with van der Waals surface area (Å²) in [5, 5.41) is 4.18. The van der Waals surface area contributed by atoms with Crippen molar-refractivity contribution < 1.29 is 9.21 Å². The average Bonchev–Trinajstić information content (AvgIpc) is 3.23. The van der Waals surface area contributed by atoms with Crippen LogP contribution in [0.4, 0.5) is 5.69 Å². The van der Waals surface area contributed by atoms with Crippen molar-refractivity contribution in [3.8, 4) is 11.5 Å². The van der Waals surface area contributed by atoms with Crippen molar-refractivity contribution in [2.45, 2.75) is 26.2 Å². The quantitative estimate of drug-likeness (QED) is 0.270. The summed E-state index contributed by atoms with van der Waals surface area (Å²) in [7, 11) is 0. The van der Waals surface area contributed by atoms with E-state index in [0.717, 1.165) is 11.9 Å². The van der Waals surface area contributed by atoms with Gasteiger partial charge >= 0.3 is 0 Å². The molecule has 4 nitrogen and oxygen atoms in total. The summed E-state index contributed by atoms with van der Waals surface area (Å²) in [6.07, 6.45) is 4.05. The topological polar surface area (TPSA) is 55.1 Å². The highest BCUT2D eigenvalue weighted by atomic mass is 35.5. The number of fused-ring (bicyclic) bond motifs is 1. The Morgan fingerprint density at radius 3 is 2.64 bits per heavy atom. The van der Waals surface area contributed by atoms with Crippen LogP contribution in [0.1, 0.15) is 37.3 Å². The summed E-state index contributed by atoms with van der Waals surface area (Å²) in [5.41, 5.74) is 4.57. The lowest BCUT2D eigenvalue weighted by Gasteiger charge is -2.07. The number of hydrogen-bond acceptors (Lipinski definition) is 3. The third-order valence-electron chi connectivity index (χ3n) is 5.44. The molecule has 0 aliphatic carbocycles. The number of benzene rings is 3. The van der Waals surface area contributed by atoms with Crippen molar-refractivity contribution in [3.05, 3.63) is 86.9 Å². The molecule has 3 aromatic carbocycles. The van der Waals surface area contributed by atoms with Crippen LogP contribution in [-0.2, 0) is 4.79 Å². The average molecular weight is 500 g/mol. The molecule has 7 heteroatoms. The molecule has 4 aromatic rings. The SMILES string of the molecule is CCC(C)c1ccc2oc(-c3ccc(Cl)c(NC(=O)/C=C/c4ccc(Cl)cc4Cl)c3)nc2c1. The van der Waals surface area contributed by atoms with E-state index in [1.807, 2.05) is 12.1 Å². The molecule has 1 N–H and O–H groups in total. The standard InChI is InChI=1S/C26H21Cl3N2O2/c1-3-15(2)17-6-10-24-23(12-17)31-26(33-24)18-5-9-20(28)22(13-18)30-25(32)11-7-16-4-8-19(27)14-21(16)29/h4-15H,3H2,1-2H3,(H,30,32)/b11-7+. The van der Waals surface area contributed by atoms with E-state index in [1.165, 1.54) is 11.6 Å². The van der Waals surface area contributed by atoms with Crippen molar-refractivity contribution in [3.63, 3.8) is 0 Å². The lowest BCUT2D eigenvalue weighted by Crippen LogP contribution is -2.08. The van der Waals surface area contributed by atoms with E-state index in [9.17, 15) is 4.79 Å². The zero-order chi connectivity index (χ0) is 23.5. The van der Waals surface area contributed by atoms with Crippen LogP contribution < -0.4 is 5.32 Å². The van der Waals surface area contributed by atoms with Crippen LogP contribution in [0.15, 0.2) is 65.1 Å². The Balaban J connectivity index is 1.56. The van der Waals surface area contributed by atoms with Gasteiger partial charge in [0.1, 0.15) is 5.52 Å². The summed E-state index contributed by atoms with van der Waals surface area (Å²) >= 11 is 18.4. The molecule has 1 aromatic heterocycles. The molecule has 4 rings (SSSR count). The van der Waals surface area contributed by atoms with Gasteiger partial charge in [-0.05, 0) is 72.0 Å². The van der Waals surface area contributed by atoms with E-state index >= 15 is 0 Å². The van der Waals surface area contributed by atoms with E-state index < -0.39 is 0 Å². The summed E-state index contributed by atoms with van der Waals surface area (Å²) in [4.78, 5) is 17.1. The number of amides is 1. The predicted octanol–water partition coefficient (Wildman–Crippen LogP) is 8.62. The Hall–Kier alpha value is -2.79. The number of anilines is 1. The first-order chi connectivity index (χ1) is 15.8. The summed E-state index contributed by atoms with van der Waals surface area (Å²) < 4.78 is 5.94. The predicted molar refractivity (Wildman–Crippen MR) is 137 cm³/mol. The molecule has 168 valence electrons. The molecular formula is C26H21Cl3N2O2. The minimum atomic E-state index is -0.351. The van der Waals surface area contributed by atoms with Gasteiger partial charge in [0.05, 0.1) is 10.7 Å². The minimum absolute atomic E-state index is 0.351. The Labute approximate surface area is 207 Å². The third-order valence-corrected chi connectivity index (χ3v) is 6.33. The van der Waals surface area contributed by atoms with Gasteiger partial charge in [-0.25, -0.2) is 4.98 Å². The fourth-order valence-electron chi connectivity index (χ4n) is 3.34. The number of aromatic nitrogens is 1. The highest BCUT2D eigenvalue weighted by Gasteiger charge is 2.13. The zero-order valence-corrected chi connectivity index (χ0v) is 20.3. The normalized spacial score (nSPS) is 12.4. The molecular weight excluding hydrogens is 479 g/mol. The molecule has 1 amide bonds. The number of oxazole rings is 1. The van der Waals surface area contributed by atoms with Crippen molar-refractivity contribution in [2.24, 2.45) is 0 Å². The molecule has 0 bridgehead atoms. The van der Waals surface area contributed by atoms with Gasteiger partial charge in [0, 0.05) is 21.7 Å². The zero-order valence-electron chi connectivity index (χ0n) is 18.0. The maximum Gasteiger partial charge on any atom is 0.248 e. The maximum absolute atomic E-state index is 12.5. The Morgan fingerprint density at radius 1 is 1.06 bits per heavy atom. The smallest absolute Gasteiger partial charge is 0.248 e. The highest BCUT2D eigenvalue weighted by Crippen LogP contribution is 2.32. The molecule has 0 aliphatic rings. The highest BCUT2D eigenvalue weighted by molar-refractivity contribution is 6.35. The van der Waals surface area contributed by atoms with Crippen molar-refractivity contribution in [1.82, 2.24) is 4.98 Å². The van der Waals surface area contributed by atoms with E-state index in [0.29, 0.717) is 49.3 Å². The minimum Gasteiger partial charge on any atom is -0.436 e. The Morgan fingerprint density at radius 2 is 1.88 bits per heavy atom. The molecule has 0 radical (unpaired) electrons. The number of hydrogen-bond donors (Lipinski definition) is 1. The van der Waals surface area contributed by atoms with E-state index in [2.05, 4.69) is 36.3 Å². The Bertz CT molecular complexity index is 1360. The van der Waals surface area contributed by atoms with Gasteiger partial charge in [0.25, 0.3) is 0 Å². The first kappa shape index (κ1) is 23.4. The summed E-state index contributed by atoms with van der Waals surface area (Å²) in [5.74, 6) is 0.556. The van der Waals surface area contributed by atoms with Gasteiger partial charge in [-0.1, -0.05) is 60.8 Å². The fraction of sp³-hybridized carbons (Fsp3) is 0.154. The van der Waals surface area contributed by atoms with Crippen LogP contribution in [0.2, 0.25) is 15.1 Å². The van der Waals surface area contributed by atoms with Crippen molar-refractivity contribution >= 4 is 63.6 Å². The molecule has 0 fully saturated rings. The second-order valence-electron chi connectivity index (χ2n) is 7.74. The lowest BCUT2D eigenvalue weighted by molar-refractivity contribution is -0.111. The number of nitrogens with zero attached hydrogens (tertiary/aromatic N) is 1. The number of nitrogens with one attached hydrogen (secondary N) is 1. The molecule has 0 saturated carbocycles. The van der Waals surface area contributed by atoms with Gasteiger partial charge < -0.3 is 9.73 Å². The Kier molecular flexibility index (Phi) is 7.08. The van der Waals surface area contributed by atoms with Crippen LogP contribution in [-0.4, -0.2) is 10.9 Å². The molecule has 1 unspecified atom stereocenters. The second-order valence-corrected chi connectivity index (χ2v) is 8.99. The van der Waals surface area contributed by atoms with Crippen LogP contribution in [0.25, 0.3) is 28.6 Å². The van der Waals surface area contributed by atoms with Gasteiger partial charge in [-0.15, -0.1) is 0 Å². The molecule has 0 spiro atoms. The fourth-order valence-corrected chi connectivity index (χ4v) is 3.98. The lowest BCUT2D eigenvalue weighted by atomic mass is 9.98. The summed E-state index contributed by atoms with van der Waals surface area (Å²) in [6, 6.07) is 16.4. The molecule has 0 aliphatic heterocycles. The molecule has 1 heterocycles. The third kappa shape index (κ3) is 5.41. The van der Waals surface area contributed by atoms with E-state index in [1.54, 1.807) is 36.4 Å². The number of carbonyl (C=O) groups is 1. The molecule has 33 heavy (non-hydrogen) atoms. The van der Waals surface area contributed by atoms with Gasteiger partial charge in [-0.3, -0.25) is 4.79 Å². The number of carbonyl (C=O) groups excluding carboxylic acids is 1. The first-order valence-electron chi connectivity index (χ1n) is 10.5. The monoisotopic (exact) mass is 498 g/mol. The van der Waals surface area contributed by atoms with Crippen molar-refractivity contribution in [2.75, 3.05) is 5.32 Å². The molecule has 0 saturated heterocycles. The maximum atomic E-state index is 12.5. The second kappa shape index (κ2) is 10.0. The summed E-state index contributed by atoms with van der Waals surface area (Å²) in [6.45, 7) is 4.34. The van der Waals surface area contributed by atoms with E-state index in [-0.39, 0.29) is 5.91 Å². The first-order valence-corrected chi connectivity index (χ1v) is 11.6. The largest absolute Gasteiger partial charge is 0.436 e. The van der Waals surface area contributed by atoms with Crippen LogP contribution in [0.5, 0.6) is 0 Å². The number of rotatable bonds is 6. The van der Waals surface area contributed by atoms with E-state index in [4.69, 9.17) is 39.2 Å².